The van der Waals surface area contributed by atoms with Gasteiger partial charge in [-0.1, -0.05) is 0 Å². The van der Waals surface area contributed by atoms with Crippen LogP contribution in [0.5, 0.6) is 0 Å². The molecule has 8 nitrogen and oxygen atoms in total. The Balaban J connectivity index is 2.00. The van der Waals surface area contributed by atoms with Gasteiger partial charge in [0.05, 0.1) is 13.2 Å². The summed E-state index contributed by atoms with van der Waals surface area (Å²) in [6.07, 6.45) is -5.83. The first-order chi connectivity index (χ1) is 10.5. The van der Waals surface area contributed by atoms with Crippen molar-refractivity contribution in [2.24, 2.45) is 5.92 Å². The molecule has 0 amide bonds. The minimum absolute atomic E-state index is 0.0811. The summed E-state index contributed by atoms with van der Waals surface area (Å²) >= 11 is 0. The largest absolute Gasteiger partial charge is 0.394 e. The van der Waals surface area contributed by atoms with E-state index in [-0.39, 0.29) is 12.5 Å². The van der Waals surface area contributed by atoms with Crippen molar-refractivity contribution in [1.29, 1.82) is 0 Å². The van der Waals surface area contributed by atoms with Crippen molar-refractivity contribution >= 4 is 0 Å². The fraction of sp³-hybridized carbons (Fsp3) is 1.00. The average Bonchev–Trinajstić information content (AvgIpc) is 2.64. The highest BCUT2D eigenvalue weighted by Crippen LogP contribution is 2.44. The van der Waals surface area contributed by atoms with Crippen molar-refractivity contribution in [2.75, 3.05) is 13.2 Å². The van der Waals surface area contributed by atoms with Gasteiger partial charge < -0.3 is 29.9 Å². The number of hydrogen-bond donors (Lipinski definition) is 4. The first-order valence-corrected chi connectivity index (χ1v) is 7.92. The molecule has 2 fully saturated rings. The normalized spacial score (nSPS) is 43.7. The molecule has 0 aromatic rings. The molecule has 0 aromatic heterocycles. The SMILES string of the molecule is CC1(C)CC(COC2O[C@H](CO)[C@@H](O)[C@H](O)[C@H]2O)C(C)(C)N1[O]. The van der Waals surface area contributed by atoms with Crippen LogP contribution in [0.3, 0.4) is 0 Å². The third-order valence-electron chi connectivity index (χ3n) is 5.13. The zero-order valence-electron chi connectivity index (χ0n) is 14.0. The lowest BCUT2D eigenvalue weighted by Gasteiger charge is -2.40. The van der Waals surface area contributed by atoms with Crippen molar-refractivity contribution < 1.29 is 35.1 Å². The minimum Gasteiger partial charge on any atom is -0.394 e. The molecule has 6 atom stereocenters. The summed E-state index contributed by atoms with van der Waals surface area (Å²) < 4.78 is 10.9. The Morgan fingerprint density at radius 1 is 1.13 bits per heavy atom. The molecule has 2 unspecified atom stereocenters. The topological polar surface area (TPSA) is 123 Å². The van der Waals surface area contributed by atoms with Gasteiger partial charge in [-0.15, -0.1) is 10.3 Å². The Morgan fingerprint density at radius 3 is 2.22 bits per heavy atom. The van der Waals surface area contributed by atoms with Crippen LogP contribution >= 0.6 is 0 Å². The number of hydrogen-bond acceptors (Lipinski definition) is 7. The van der Waals surface area contributed by atoms with Crippen LogP contribution < -0.4 is 0 Å². The summed E-state index contributed by atoms with van der Waals surface area (Å²) in [5.41, 5.74) is -1.13. The van der Waals surface area contributed by atoms with Crippen molar-refractivity contribution in [3.63, 3.8) is 0 Å². The third-order valence-corrected chi connectivity index (χ3v) is 5.13. The number of hydroxylamine groups is 2. The van der Waals surface area contributed by atoms with Gasteiger partial charge in [-0.3, -0.25) is 0 Å². The molecule has 4 N–H and O–H groups in total. The Hall–Kier alpha value is -0.320. The molecule has 8 heteroatoms. The zero-order chi connectivity index (χ0) is 17.6. The second-order valence-electron chi connectivity index (χ2n) is 7.69. The van der Waals surface area contributed by atoms with Crippen LogP contribution in [-0.4, -0.2) is 80.5 Å². The maximum absolute atomic E-state index is 12.3. The van der Waals surface area contributed by atoms with Crippen LogP contribution in [0.25, 0.3) is 0 Å². The Kier molecular flexibility index (Phi) is 5.40. The summed E-state index contributed by atoms with van der Waals surface area (Å²) in [6.45, 7) is 7.09. The molecule has 23 heavy (non-hydrogen) atoms. The predicted molar refractivity (Wildman–Crippen MR) is 78.5 cm³/mol. The average molecular weight is 334 g/mol. The number of rotatable bonds is 4. The van der Waals surface area contributed by atoms with Gasteiger partial charge in [0.15, 0.2) is 6.29 Å². The van der Waals surface area contributed by atoms with Crippen LogP contribution in [0.15, 0.2) is 0 Å². The van der Waals surface area contributed by atoms with Crippen molar-refractivity contribution in [3.8, 4) is 0 Å². The summed E-state index contributed by atoms with van der Waals surface area (Å²) in [7, 11) is 0. The van der Waals surface area contributed by atoms with Crippen LogP contribution in [-0.2, 0) is 14.7 Å². The molecule has 1 radical (unpaired) electrons. The summed E-state index contributed by atoms with van der Waals surface area (Å²) in [6, 6.07) is 0. The highest BCUT2D eigenvalue weighted by atomic mass is 16.7. The zero-order valence-corrected chi connectivity index (χ0v) is 14.0. The van der Waals surface area contributed by atoms with E-state index in [1.165, 1.54) is 0 Å². The monoisotopic (exact) mass is 334 g/mol. The van der Waals surface area contributed by atoms with E-state index in [2.05, 4.69) is 0 Å². The van der Waals surface area contributed by atoms with E-state index < -0.39 is 48.4 Å². The first kappa shape index (κ1) is 19.0. The molecule has 2 saturated heterocycles. The molecule has 0 saturated carbocycles. The highest BCUT2D eigenvalue weighted by molar-refractivity contribution is 5.02. The van der Waals surface area contributed by atoms with Crippen molar-refractivity contribution in [3.05, 3.63) is 0 Å². The van der Waals surface area contributed by atoms with Crippen molar-refractivity contribution in [2.45, 2.75) is 75.9 Å². The van der Waals surface area contributed by atoms with E-state index in [0.717, 1.165) is 5.06 Å². The molecule has 0 aromatic carbocycles. The Morgan fingerprint density at radius 2 is 1.74 bits per heavy atom. The maximum atomic E-state index is 12.3. The smallest absolute Gasteiger partial charge is 0.186 e. The van der Waals surface area contributed by atoms with Crippen LogP contribution in [0.1, 0.15) is 34.1 Å². The van der Waals surface area contributed by atoms with Gasteiger partial charge in [-0.25, -0.2) is 0 Å². The number of nitrogens with zero attached hydrogens (tertiary/aromatic N) is 1. The van der Waals surface area contributed by atoms with Gasteiger partial charge in [0.2, 0.25) is 0 Å². The summed E-state index contributed by atoms with van der Waals surface area (Å²) in [5.74, 6) is -0.0811. The molecule has 2 rings (SSSR count). The van der Waals surface area contributed by atoms with E-state index in [4.69, 9.17) is 14.6 Å². The third kappa shape index (κ3) is 3.40. The Labute approximate surface area is 136 Å². The highest BCUT2D eigenvalue weighted by Gasteiger charge is 2.53. The lowest BCUT2D eigenvalue weighted by Crippen LogP contribution is -2.59. The fourth-order valence-corrected chi connectivity index (χ4v) is 3.56. The van der Waals surface area contributed by atoms with E-state index in [1.54, 1.807) is 0 Å². The van der Waals surface area contributed by atoms with Gasteiger partial charge in [0.25, 0.3) is 0 Å². The second-order valence-corrected chi connectivity index (χ2v) is 7.69. The molecule has 0 aliphatic carbocycles. The predicted octanol–water partition coefficient (Wildman–Crippen LogP) is -0.972. The lowest BCUT2D eigenvalue weighted by atomic mass is 9.88. The van der Waals surface area contributed by atoms with E-state index in [9.17, 15) is 20.5 Å². The van der Waals surface area contributed by atoms with Gasteiger partial charge in [-0.2, -0.15) is 0 Å². The van der Waals surface area contributed by atoms with E-state index >= 15 is 0 Å². The second kappa shape index (κ2) is 6.53. The number of aliphatic hydroxyl groups is 4. The van der Waals surface area contributed by atoms with E-state index in [0.29, 0.717) is 6.42 Å². The number of aliphatic hydroxyl groups excluding tert-OH is 4. The van der Waals surface area contributed by atoms with Gasteiger partial charge in [-0.05, 0) is 34.1 Å². The maximum Gasteiger partial charge on any atom is 0.186 e. The molecule has 0 bridgehead atoms. The van der Waals surface area contributed by atoms with Crippen LogP contribution in [0.2, 0.25) is 0 Å². The van der Waals surface area contributed by atoms with Crippen LogP contribution in [0, 0.1) is 5.92 Å². The quantitative estimate of drug-likeness (QED) is 0.521. The fourth-order valence-electron chi connectivity index (χ4n) is 3.56. The standard InChI is InChI=1S/C15H28NO7/c1-14(2)5-8(15(3,4)16(14)21)7-22-13-12(20)11(19)10(18)9(6-17)23-13/h8-13,17-20H,5-7H2,1-4H3/t8?,9-,10-,11+,12-,13?/m1/s1. The number of ether oxygens (including phenoxy) is 2. The minimum atomic E-state index is -1.46. The molecule has 2 aliphatic rings. The van der Waals surface area contributed by atoms with Gasteiger partial charge in [0.1, 0.15) is 24.4 Å². The van der Waals surface area contributed by atoms with Crippen molar-refractivity contribution in [1.82, 2.24) is 5.06 Å². The van der Waals surface area contributed by atoms with Gasteiger partial charge >= 0.3 is 0 Å². The molecule has 0 spiro atoms. The van der Waals surface area contributed by atoms with Crippen LogP contribution in [0.4, 0.5) is 0 Å². The molecular formula is C15H28NO7. The summed E-state index contributed by atoms with van der Waals surface area (Å²) in [5, 5.41) is 52.0. The molecule has 2 aliphatic heterocycles. The first-order valence-electron chi connectivity index (χ1n) is 7.92. The molecule has 135 valence electrons. The van der Waals surface area contributed by atoms with E-state index in [1.807, 2.05) is 27.7 Å². The molecular weight excluding hydrogens is 306 g/mol. The van der Waals surface area contributed by atoms with Gasteiger partial charge in [0, 0.05) is 17.0 Å². The molecule has 2 heterocycles. The lowest BCUT2D eigenvalue weighted by molar-refractivity contribution is -0.305. The summed E-state index contributed by atoms with van der Waals surface area (Å²) in [4.78, 5) is 0. The Bertz CT molecular complexity index is 415.